The van der Waals surface area contributed by atoms with Crippen LogP contribution in [0.4, 0.5) is 4.39 Å². The van der Waals surface area contributed by atoms with Crippen LogP contribution in [-0.2, 0) is 19.4 Å². The average molecular weight is 1420 g/mol. The summed E-state index contributed by atoms with van der Waals surface area (Å²) in [4.78, 5) is 6.26. The van der Waals surface area contributed by atoms with E-state index in [1.807, 2.05) is 30.3 Å². The molecule has 0 saturated heterocycles. The van der Waals surface area contributed by atoms with Crippen molar-refractivity contribution in [2.75, 3.05) is 20.8 Å². The molecule has 0 spiro atoms. The van der Waals surface area contributed by atoms with Crippen LogP contribution in [0.1, 0.15) is 45.6 Å². The predicted molar refractivity (Wildman–Crippen MR) is 593 cm³/mol. The number of aromatic amines is 1. The van der Waals surface area contributed by atoms with Gasteiger partial charge in [0.25, 0.3) is 0 Å². The highest BCUT2D eigenvalue weighted by Crippen LogP contribution is 2.50. The summed E-state index contributed by atoms with van der Waals surface area (Å²) in [5.74, 6) is 2.09. The normalized spacial score (nSPS) is 12.7. The molecule has 7 rings (SSSR count). The fourth-order valence-corrected chi connectivity index (χ4v) is 19.9. The van der Waals surface area contributed by atoms with E-state index in [0.29, 0.717) is 6.61 Å². The van der Waals surface area contributed by atoms with Crippen LogP contribution in [0.5, 0.6) is 17.2 Å². The van der Waals surface area contributed by atoms with Crippen molar-refractivity contribution in [2.45, 2.75) is 31.5 Å². The molecule has 4 aromatic carbocycles. The molecule has 2 unspecified atom stereocenters. The second-order valence-electron chi connectivity index (χ2n) is 31.7. The lowest BCUT2D eigenvalue weighted by Gasteiger charge is -2.61. The summed E-state index contributed by atoms with van der Waals surface area (Å²) >= 11 is 3.49. The summed E-state index contributed by atoms with van der Waals surface area (Å²) in [5, 5.41) is 1.17. The van der Waals surface area contributed by atoms with Crippen LogP contribution in [0, 0.1) is 5.82 Å². The van der Waals surface area contributed by atoms with Crippen molar-refractivity contribution < 1.29 is 18.6 Å². The zero-order valence-electron chi connectivity index (χ0n) is 66.2. The van der Waals surface area contributed by atoms with Gasteiger partial charge in [-0.1, -0.05) is 40.2 Å². The lowest BCUT2D eigenvalue weighted by molar-refractivity contribution is 0.127. The van der Waals surface area contributed by atoms with Gasteiger partial charge in [0.05, 0.1) is 20.3 Å². The van der Waals surface area contributed by atoms with Crippen molar-refractivity contribution >= 4 is 558 Å². The van der Waals surface area contributed by atoms with Crippen LogP contribution >= 0.6 is 15.9 Å². The number of aromatic nitrogens is 1. The highest BCUT2D eigenvalue weighted by Gasteiger charge is 2.65. The Bertz CT molecular complexity index is 3560. The molecule has 0 aliphatic carbocycles. The van der Waals surface area contributed by atoms with Crippen molar-refractivity contribution in [3.63, 3.8) is 0 Å². The lowest BCUT2D eigenvalue weighted by Crippen LogP contribution is -2.99. The van der Waals surface area contributed by atoms with Crippen LogP contribution in [0.2, 0.25) is 0 Å². The van der Waals surface area contributed by atoms with Gasteiger partial charge in [-0.05, 0) is 95.3 Å². The van der Waals surface area contributed by atoms with E-state index in [1.54, 1.807) is 26.4 Å². The molecule has 0 fully saturated rings. The van der Waals surface area contributed by atoms with E-state index in [4.69, 9.17) is 308 Å². The number of nitrogens with zero attached hydrogens (tertiary/aromatic N) is 1. The maximum atomic E-state index is 14.0. The molecule has 5 nitrogen and oxygen atoms in total. The Morgan fingerprint density at radius 1 is 0.405 bits per heavy atom. The Morgan fingerprint density at radius 3 is 1.07 bits per heavy atom. The Kier molecular flexibility index (Phi) is 43.7. The molecule has 116 heavy (non-hydrogen) atoms. The molecule has 0 saturated carbocycles. The van der Waals surface area contributed by atoms with E-state index in [-0.39, 0.29) is 17.9 Å². The molecule has 0 bridgehead atoms. The third-order valence-electron chi connectivity index (χ3n) is 24.2. The van der Waals surface area contributed by atoms with E-state index in [1.165, 1.54) is 27.8 Å². The average Bonchev–Trinajstić information content (AvgIpc) is 0.907. The number of halogens is 2. The first-order valence-electron chi connectivity index (χ1n) is 38.5. The minimum absolute atomic E-state index is 0.0322. The van der Waals surface area contributed by atoms with Gasteiger partial charge in [0, 0.05) is 565 Å². The van der Waals surface area contributed by atoms with Crippen LogP contribution < -0.4 is 14.2 Å². The maximum absolute atomic E-state index is 14.0. The van der Waals surface area contributed by atoms with E-state index < -0.39 is 230 Å². The number of hydrogen-bond donors (Lipinski definition) is 1. The van der Waals surface area contributed by atoms with Crippen molar-refractivity contribution in [3.05, 3.63) is 123 Å². The predicted octanol–water partition coefficient (Wildman–Crippen LogP) is -20.6. The molecule has 1 N–H and O–H groups in total. The van der Waals surface area contributed by atoms with Crippen molar-refractivity contribution in [2.24, 2.45) is 0 Å². The fraction of sp³-hybridized carbons (Fsp3) is 0.235. The number of rotatable bonds is 42. The van der Waals surface area contributed by atoms with E-state index >= 15 is 0 Å². The number of hydrogen-bond acceptors (Lipinski definition) is 4. The van der Waals surface area contributed by atoms with E-state index in [2.05, 4.69) is 62.2 Å². The van der Waals surface area contributed by atoms with Crippen molar-refractivity contribution in [1.82, 2.24) is 9.88 Å². The van der Waals surface area contributed by atoms with E-state index in [9.17, 15) is 4.39 Å². The second kappa shape index (κ2) is 47.9. The van der Waals surface area contributed by atoms with Crippen LogP contribution in [0.15, 0.2) is 83.3 Å². The number of nitrogens with one attached hydrogen (secondary N) is 1. The molecule has 5 aromatic rings. The number of H-pyrrole nitrogens is 1. The minimum atomic E-state index is -1.80. The van der Waals surface area contributed by atoms with Gasteiger partial charge in [0.15, 0.2) is 11.5 Å². The van der Waals surface area contributed by atoms with Crippen LogP contribution in [0.25, 0.3) is 10.9 Å². The zero-order chi connectivity index (χ0) is 87.6. The molecular weight excluding hydrogens is 1390 g/mol. The third kappa shape index (κ3) is 25.5. The van der Waals surface area contributed by atoms with Gasteiger partial charge < -0.3 is 19.2 Å². The van der Waals surface area contributed by atoms with Gasteiger partial charge in [-0.3, -0.25) is 4.90 Å². The Balaban J connectivity index is 0.000000420. The monoisotopic (exact) mass is 1440 g/mol. The smallest absolute Gasteiger partial charge is 0.161 e. The van der Waals surface area contributed by atoms with Crippen molar-refractivity contribution in [1.29, 1.82) is 0 Å². The summed E-state index contributed by atoms with van der Waals surface area (Å²) in [7, 11) is 263. The molecule has 3 heterocycles. The molecule has 0 amide bonds. The Morgan fingerprint density at radius 2 is 0.741 bits per heavy atom. The first kappa shape index (κ1) is 106. The van der Waals surface area contributed by atoms with Gasteiger partial charge in [-0.2, -0.15) is 0 Å². The maximum Gasteiger partial charge on any atom is 0.161 e. The number of benzene rings is 4. The molecule has 2 atom stereocenters. The summed E-state index contributed by atoms with van der Waals surface area (Å²) < 4.78 is 32.7. The van der Waals surface area contributed by atoms with Gasteiger partial charge in [0.1, 0.15) is 18.2 Å². The second-order valence-corrected chi connectivity index (χ2v) is 32.6. The van der Waals surface area contributed by atoms with Gasteiger partial charge >= 0.3 is 0 Å². The third-order valence-corrected chi connectivity index (χ3v) is 24.8. The van der Waals surface area contributed by atoms with Gasteiger partial charge in [-0.25, -0.2) is 4.39 Å². The van der Waals surface area contributed by atoms with Gasteiger partial charge in [-0.15, -0.1) is 0 Å². The topological polar surface area (TPSA) is 46.7 Å². The lowest BCUT2D eigenvalue weighted by atomic mass is 8.21. The summed E-state index contributed by atoms with van der Waals surface area (Å²) in [6, 6.07) is 25.7. The Hall–Kier alpha value is 1.06. The highest BCUT2D eigenvalue weighted by atomic mass is 79.9. The minimum Gasteiger partial charge on any atom is -0.497 e. The SMILES string of the molecule is COc1ccc2[nH]c3c(c2c1)CC1c2cc(OC)c(OCc4ccc(Br)cc4)cc2CCN1C3c1ccc(F)cc1.[B][B]B([B])B(B(B([B])[B])B([B])[B])B(B(B(B([B])[B])B([B])[B])B(B([B])[B])B([B])[B])B(B(B(B([B])[B])B([B])[B])B(B([B])[B])B([B])[B])B(B(B(B([B])[B])B([B])[B])B(B([B])[B])B([B])[B])B(B(B([B])[B])B([B])[B])B(B([B])[B])B([B])[B]. The molecule has 2 aliphatic heterocycles. The molecule has 82 heteroatoms. The largest absolute Gasteiger partial charge is 0.497 e. The highest BCUT2D eigenvalue weighted by molar-refractivity contribution is 9.10. The first-order chi connectivity index (χ1) is 54.2. The summed E-state index contributed by atoms with van der Waals surface area (Å²) in [6.45, 7) is 1.33. The molecular formula is C34H30B75BrFN2O3. The number of methoxy groups -OCH3 is 2. The standard InChI is InChI=1S/C34H30BrFN2O3.B75/c1-39-25-11-12-29-27(16-25)28-17-30-26-18-31(40-2)32(41-19-20-3-7-23(35)8-4-20)15-22(26)13-14-38(30)34(33(28)37-29)21-5-9-24(36)10-6-21;1-39-58(38)68(59(40(2)3)41(4)5)73(69(60(42(6)7)43(8)9)61(44(10)11)45(12)13)75(72(66(54(30)31)55(32)33)67(56(34)35)57(36)37)74(70(62(46(14)15)47(16)17)63(48(18)19)49(20)21)71(64(50(22)23)51(24)25)65(52(26)27)53(28)29/h3-12,15-16,18,30,34,37H,13-14,17,19H2,1-2H3;. The van der Waals surface area contributed by atoms with E-state index in [0.717, 1.165) is 64.8 Å². The van der Waals surface area contributed by atoms with Crippen LogP contribution in [0.3, 0.4) is 0 Å². The Labute approximate surface area is 771 Å². The number of ether oxygens (including phenoxy) is 3. The summed E-state index contributed by atoms with van der Waals surface area (Å²) in [5.41, 5.74) is 8.21. The fourth-order valence-electron chi connectivity index (χ4n) is 19.7. The first-order valence-corrected chi connectivity index (χ1v) is 39.3. The quantitative estimate of drug-likeness (QED) is 0.0396. The van der Waals surface area contributed by atoms with Crippen molar-refractivity contribution in [3.8, 4) is 17.2 Å². The molecule has 77 radical (unpaired) electrons. The zero-order valence-corrected chi connectivity index (χ0v) is 67.8. The molecule has 1 aromatic heterocycles. The molecule has 433 valence electrons. The number of fused-ring (bicyclic) bond motifs is 6. The van der Waals surface area contributed by atoms with Crippen LogP contribution in [-0.4, -0.2) is 562 Å². The van der Waals surface area contributed by atoms with Gasteiger partial charge in [0.2, 0.25) is 0 Å². The summed E-state index contributed by atoms with van der Waals surface area (Å²) in [6.07, 6.45) is -55.9. The molecule has 2 aliphatic rings.